The molecule has 0 aliphatic carbocycles. The van der Waals surface area contributed by atoms with Gasteiger partial charge in [0.25, 0.3) is 0 Å². The van der Waals surface area contributed by atoms with Gasteiger partial charge < -0.3 is 9.84 Å². The van der Waals surface area contributed by atoms with Crippen LogP contribution in [0.2, 0.25) is 0 Å². The van der Waals surface area contributed by atoms with Crippen LogP contribution in [0.25, 0.3) is 5.57 Å². The summed E-state index contributed by atoms with van der Waals surface area (Å²) >= 11 is 0. The molecule has 7 nitrogen and oxygen atoms in total. The maximum Gasteiger partial charge on any atom is 0.350 e. The van der Waals surface area contributed by atoms with Crippen molar-refractivity contribution in [3.8, 4) is 5.75 Å². The number of allylic oxidation sites excluding steroid dienone is 1. The molecule has 0 unspecified atom stereocenters. The summed E-state index contributed by atoms with van der Waals surface area (Å²) in [6.07, 6.45) is 4.18. The largest absolute Gasteiger partial charge is 0.497 e. The molecule has 23 heavy (non-hydrogen) atoms. The van der Waals surface area contributed by atoms with Gasteiger partial charge in [-0.25, -0.2) is 14.5 Å². The highest BCUT2D eigenvalue weighted by molar-refractivity contribution is 6.36. The fourth-order valence-electron chi connectivity index (χ4n) is 2.31. The van der Waals surface area contributed by atoms with E-state index in [0.29, 0.717) is 25.2 Å². The van der Waals surface area contributed by atoms with Crippen LogP contribution in [0.1, 0.15) is 24.2 Å². The van der Waals surface area contributed by atoms with Gasteiger partial charge in [-0.2, -0.15) is 5.10 Å². The highest BCUT2D eigenvalue weighted by Gasteiger charge is 2.17. The van der Waals surface area contributed by atoms with Crippen molar-refractivity contribution in [1.82, 2.24) is 14.8 Å². The maximum atomic E-state index is 10.8. The molecule has 1 aliphatic heterocycles. The van der Waals surface area contributed by atoms with Crippen LogP contribution in [0.4, 0.5) is 0 Å². The van der Waals surface area contributed by atoms with Gasteiger partial charge in [0.2, 0.25) is 0 Å². The number of aliphatic imine (C=N–C) groups is 1. The highest BCUT2D eigenvalue weighted by atomic mass is 16.5. The first-order chi connectivity index (χ1) is 11.2. The Balaban J connectivity index is 1.72. The van der Waals surface area contributed by atoms with Crippen molar-refractivity contribution in [3.05, 3.63) is 48.2 Å². The number of benzene rings is 1. The molecule has 1 aromatic carbocycles. The molecule has 0 atom stereocenters. The van der Waals surface area contributed by atoms with E-state index in [2.05, 4.69) is 15.1 Å². The van der Waals surface area contributed by atoms with Crippen molar-refractivity contribution in [3.63, 3.8) is 0 Å². The van der Waals surface area contributed by atoms with Crippen LogP contribution in [0.5, 0.6) is 5.75 Å². The zero-order valence-corrected chi connectivity index (χ0v) is 12.6. The van der Waals surface area contributed by atoms with Gasteiger partial charge in [-0.3, -0.25) is 4.99 Å². The Morgan fingerprint density at radius 2 is 2.09 bits per heavy atom. The lowest BCUT2D eigenvalue weighted by atomic mass is 10.1. The molecule has 0 radical (unpaired) electrons. The summed E-state index contributed by atoms with van der Waals surface area (Å²) in [6, 6.07) is 7.75. The number of aliphatic carboxylic acids is 1. The van der Waals surface area contributed by atoms with Crippen molar-refractivity contribution < 1.29 is 14.6 Å². The number of carboxylic acids is 1. The molecule has 118 valence electrons. The summed E-state index contributed by atoms with van der Waals surface area (Å²) in [7, 11) is 1.63. The van der Waals surface area contributed by atoms with Crippen LogP contribution < -0.4 is 4.74 Å². The zero-order chi connectivity index (χ0) is 16.2. The van der Waals surface area contributed by atoms with Crippen molar-refractivity contribution in [1.29, 1.82) is 0 Å². The first-order valence-electron chi connectivity index (χ1n) is 7.17. The Kier molecular flexibility index (Phi) is 4.18. The molecular weight excluding hydrogens is 296 g/mol. The van der Waals surface area contributed by atoms with E-state index in [1.165, 1.54) is 0 Å². The van der Waals surface area contributed by atoms with Gasteiger partial charge in [-0.05, 0) is 24.1 Å². The topological polar surface area (TPSA) is 89.6 Å². The number of methoxy groups -OCH3 is 1. The van der Waals surface area contributed by atoms with Crippen LogP contribution in [-0.2, 0) is 11.3 Å². The van der Waals surface area contributed by atoms with Gasteiger partial charge in [0.05, 0.1) is 13.7 Å². The number of hydrogen-bond acceptors (Lipinski definition) is 5. The van der Waals surface area contributed by atoms with E-state index in [4.69, 9.17) is 9.84 Å². The van der Waals surface area contributed by atoms with Gasteiger partial charge in [0.1, 0.15) is 17.8 Å². The van der Waals surface area contributed by atoms with E-state index in [1.54, 1.807) is 24.3 Å². The second kappa shape index (κ2) is 6.43. The maximum absolute atomic E-state index is 10.8. The third-order valence-corrected chi connectivity index (χ3v) is 3.58. The SMILES string of the molecule is COc1ccc(Cn2cnc(C3=CN=C(C(=O)O)CC3)n2)cc1. The zero-order valence-electron chi connectivity index (χ0n) is 12.6. The summed E-state index contributed by atoms with van der Waals surface area (Å²) in [5.41, 5.74) is 2.11. The normalized spacial score (nSPS) is 14.1. The molecule has 0 amide bonds. The molecule has 0 saturated carbocycles. The van der Waals surface area contributed by atoms with E-state index in [1.807, 2.05) is 24.3 Å². The summed E-state index contributed by atoms with van der Waals surface area (Å²) in [4.78, 5) is 19.1. The third-order valence-electron chi connectivity index (χ3n) is 3.58. The fourth-order valence-corrected chi connectivity index (χ4v) is 2.31. The first kappa shape index (κ1) is 15.0. The molecule has 0 bridgehead atoms. The van der Waals surface area contributed by atoms with Crippen LogP contribution in [0.15, 0.2) is 41.8 Å². The number of nitrogens with zero attached hydrogens (tertiary/aromatic N) is 4. The number of carboxylic acid groups (broad SMARTS) is 1. The van der Waals surface area contributed by atoms with Crippen molar-refractivity contribution in [2.45, 2.75) is 19.4 Å². The summed E-state index contributed by atoms with van der Waals surface area (Å²) in [6.45, 7) is 0.605. The number of rotatable bonds is 5. The Morgan fingerprint density at radius 1 is 1.30 bits per heavy atom. The minimum Gasteiger partial charge on any atom is -0.497 e. The van der Waals surface area contributed by atoms with E-state index >= 15 is 0 Å². The van der Waals surface area contributed by atoms with Gasteiger partial charge >= 0.3 is 5.97 Å². The van der Waals surface area contributed by atoms with E-state index in [0.717, 1.165) is 16.9 Å². The summed E-state index contributed by atoms with van der Waals surface area (Å²) in [5.74, 6) is 0.428. The molecule has 0 saturated heterocycles. The van der Waals surface area contributed by atoms with Crippen LogP contribution in [0.3, 0.4) is 0 Å². The molecule has 2 heterocycles. The Bertz CT molecular complexity index is 775. The molecule has 1 N–H and O–H groups in total. The monoisotopic (exact) mass is 312 g/mol. The molecule has 3 rings (SSSR count). The Morgan fingerprint density at radius 3 is 2.70 bits per heavy atom. The Hall–Kier alpha value is -2.96. The van der Waals surface area contributed by atoms with E-state index in [-0.39, 0.29) is 5.71 Å². The van der Waals surface area contributed by atoms with E-state index in [9.17, 15) is 4.79 Å². The van der Waals surface area contributed by atoms with Crippen LogP contribution >= 0.6 is 0 Å². The number of carbonyl (C=O) groups is 1. The van der Waals surface area contributed by atoms with Gasteiger partial charge in [0.15, 0.2) is 5.82 Å². The fraction of sp³-hybridized carbons (Fsp3) is 0.250. The average molecular weight is 312 g/mol. The molecule has 0 spiro atoms. The smallest absolute Gasteiger partial charge is 0.350 e. The predicted octanol–water partition coefficient (Wildman–Crippen LogP) is 2.00. The molecule has 7 heteroatoms. The second-order valence-corrected chi connectivity index (χ2v) is 5.15. The first-order valence-corrected chi connectivity index (χ1v) is 7.17. The van der Waals surface area contributed by atoms with Crippen LogP contribution in [-0.4, -0.2) is 38.7 Å². The summed E-state index contributed by atoms with van der Waals surface area (Å²) < 4.78 is 6.88. The number of hydrogen-bond donors (Lipinski definition) is 1. The second-order valence-electron chi connectivity index (χ2n) is 5.15. The standard InChI is InChI=1S/C16H16N4O3/c1-23-13-5-2-11(3-6-13)9-20-10-18-15(19-20)12-4-7-14(16(21)22)17-8-12/h2-3,5-6,8,10H,4,7,9H2,1H3,(H,21,22). The molecular formula is C16H16N4O3. The molecule has 1 aliphatic rings. The lowest BCUT2D eigenvalue weighted by Gasteiger charge is -2.08. The van der Waals surface area contributed by atoms with Crippen molar-refractivity contribution in [2.24, 2.45) is 4.99 Å². The average Bonchev–Trinajstić information content (AvgIpc) is 3.04. The molecule has 2 aromatic rings. The quantitative estimate of drug-likeness (QED) is 0.912. The summed E-state index contributed by atoms with van der Waals surface area (Å²) in [5, 5.41) is 13.3. The minimum absolute atomic E-state index is 0.173. The number of aromatic nitrogens is 3. The van der Waals surface area contributed by atoms with Gasteiger partial charge in [-0.15, -0.1) is 0 Å². The third kappa shape index (κ3) is 3.45. The molecule has 0 fully saturated rings. The minimum atomic E-state index is -0.974. The number of ether oxygens (including phenoxy) is 1. The van der Waals surface area contributed by atoms with Crippen molar-refractivity contribution in [2.75, 3.05) is 7.11 Å². The Labute approximate surface area is 133 Å². The lowest BCUT2D eigenvalue weighted by molar-refractivity contribution is -0.129. The lowest BCUT2D eigenvalue weighted by Crippen LogP contribution is -2.15. The van der Waals surface area contributed by atoms with Gasteiger partial charge in [0, 0.05) is 18.2 Å². The van der Waals surface area contributed by atoms with Gasteiger partial charge in [-0.1, -0.05) is 12.1 Å². The van der Waals surface area contributed by atoms with Crippen LogP contribution in [0, 0.1) is 0 Å². The van der Waals surface area contributed by atoms with Crippen molar-refractivity contribution >= 4 is 17.3 Å². The predicted molar refractivity (Wildman–Crippen MR) is 84.4 cm³/mol. The highest BCUT2D eigenvalue weighted by Crippen LogP contribution is 2.21. The molecule has 1 aromatic heterocycles. The van der Waals surface area contributed by atoms with E-state index < -0.39 is 5.97 Å².